The molecule has 1 saturated heterocycles. The maximum Gasteiger partial charge on any atom is 0.340 e. The molecule has 0 radical (unpaired) electrons. The number of ketones is 1. The summed E-state index contributed by atoms with van der Waals surface area (Å²) in [5.41, 5.74) is 4.31. The molecule has 0 saturated carbocycles. The van der Waals surface area contributed by atoms with Crippen molar-refractivity contribution in [1.82, 2.24) is 4.98 Å². The van der Waals surface area contributed by atoms with E-state index in [0.29, 0.717) is 29.1 Å². The molecule has 150 valence electrons. The third-order valence-corrected chi connectivity index (χ3v) is 5.28. The second kappa shape index (κ2) is 8.50. The molecule has 0 unspecified atom stereocenters. The first-order valence-corrected chi connectivity index (χ1v) is 9.94. The van der Waals surface area contributed by atoms with Crippen LogP contribution in [0.2, 0.25) is 0 Å². The van der Waals surface area contributed by atoms with Crippen molar-refractivity contribution in [2.24, 2.45) is 0 Å². The largest absolute Gasteiger partial charge is 0.462 e. The van der Waals surface area contributed by atoms with E-state index in [4.69, 9.17) is 4.74 Å². The van der Waals surface area contributed by atoms with Crippen molar-refractivity contribution in [3.63, 3.8) is 0 Å². The number of ether oxygens (including phenoxy) is 1. The number of benzene rings is 1. The summed E-state index contributed by atoms with van der Waals surface area (Å²) < 4.78 is 5.10. The van der Waals surface area contributed by atoms with Crippen LogP contribution in [0, 0.1) is 13.8 Å². The van der Waals surface area contributed by atoms with Crippen LogP contribution in [0.25, 0.3) is 0 Å². The van der Waals surface area contributed by atoms with Crippen molar-refractivity contribution in [3.05, 3.63) is 46.8 Å². The lowest BCUT2D eigenvalue weighted by molar-refractivity contribution is 0.0525. The number of hydrogen-bond acceptors (Lipinski definition) is 5. The van der Waals surface area contributed by atoms with Gasteiger partial charge in [0.1, 0.15) is 0 Å². The number of nitrogens with one attached hydrogen (secondary N) is 2. The molecule has 2 aromatic rings. The summed E-state index contributed by atoms with van der Waals surface area (Å²) in [6.45, 7) is 9.67. The van der Waals surface area contributed by atoms with Gasteiger partial charge in [0.15, 0.2) is 0 Å². The van der Waals surface area contributed by atoms with Crippen LogP contribution in [0.1, 0.15) is 58.8 Å². The van der Waals surface area contributed by atoms with Gasteiger partial charge in [0.2, 0.25) is 5.78 Å². The Morgan fingerprint density at radius 2 is 1.82 bits per heavy atom. The van der Waals surface area contributed by atoms with Crippen molar-refractivity contribution < 1.29 is 14.3 Å². The number of rotatable bonds is 7. The number of carbonyl (C=O) groups is 2. The van der Waals surface area contributed by atoms with Crippen LogP contribution in [0.5, 0.6) is 0 Å². The SMILES string of the molecule is CCOC(=O)c1c(C)[nH]c(C(=O)[C@H](C)Nc2ccc(N3CCCC3)cc2)c1C. The van der Waals surface area contributed by atoms with Gasteiger partial charge in [-0.15, -0.1) is 0 Å². The fourth-order valence-electron chi connectivity index (χ4n) is 3.78. The molecule has 0 aliphatic carbocycles. The van der Waals surface area contributed by atoms with Crippen LogP contribution >= 0.6 is 0 Å². The highest BCUT2D eigenvalue weighted by molar-refractivity contribution is 6.04. The molecule has 1 atom stereocenters. The van der Waals surface area contributed by atoms with Gasteiger partial charge in [-0.05, 0) is 70.4 Å². The molecule has 1 aliphatic rings. The van der Waals surface area contributed by atoms with Crippen LogP contribution < -0.4 is 10.2 Å². The number of hydrogen-bond donors (Lipinski definition) is 2. The van der Waals surface area contributed by atoms with E-state index in [1.807, 2.05) is 19.1 Å². The summed E-state index contributed by atoms with van der Waals surface area (Å²) in [6.07, 6.45) is 2.49. The second-order valence-corrected chi connectivity index (χ2v) is 7.32. The third-order valence-electron chi connectivity index (χ3n) is 5.28. The minimum atomic E-state index is -0.426. The Bertz CT molecular complexity index is 849. The molecule has 6 nitrogen and oxygen atoms in total. The van der Waals surface area contributed by atoms with Gasteiger partial charge in [-0.3, -0.25) is 4.79 Å². The lowest BCUT2D eigenvalue weighted by atomic mass is 10.0. The molecule has 3 rings (SSSR count). The van der Waals surface area contributed by atoms with Crippen molar-refractivity contribution >= 4 is 23.1 Å². The van der Waals surface area contributed by atoms with Gasteiger partial charge in [-0.2, -0.15) is 0 Å². The third kappa shape index (κ3) is 4.06. The summed E-state index contributed by atoms with van der Waals surface area (Å²) in [7, 11) is 0. The highest BCUT2D eigenvalue weighted by Crippen LogP contribution is 2.24. The van der Waals surface area contributed by atoms with Crippen molar-refractivity contribution in [2.45, 2.75) is 46.6 Å². The number of aryl methyl sites for hydroxylation is 1. The fourth-order valence-corrected chi connectivity index (χ4v) is 3.78. The van der Waals surface area contributed by atoms with Gasteiger partial charge in [0, 0.05) is 30.2 Å². The highest BCUT2D eigenvalue weighted by atomic mass is 16.5. The molecule has 28 heavy (non-hydrogen) atoms. The first-order valence-electron chi connectivity index (χ1n) is 9.94. The number of anilines is 2. The molecule has 1 aromatic carbocycles. The van der Waals surface area contributed by atoms with Crippen LogP contribution in [-0.2, 0) is 4.74 Å². The van der Waals surface area contributed by atoms with Gasteiger partial charge in [0.25, 0.3) is 0 Å². The molecule has 2 N–H and O–H groups in total. The average molecular weight is 383 g/mol. The van der Waals surface area contributed by atoms with Crippen LogP contribution in [0.4, 0.5) is 11.4 Å². The zero-order valence-electron chi connectivity index (χ0n) is 17.1. The Morgan fingerprint density at radius 1 is 1.18 bits per heavy atom. The Balaban J connectivity index is 1.71. The quantitative estimate of drug-likeness (QED) is 0.556. The topological polar surface area (TPSA) is 74.4 Å². The molecule has 2 heterocycles. The van der Waals surface area contributed by atoms with Gasteiger partial charge in [0.05, 0.1) is 23.9 Å². The molecule has 6 heteroatoms. The molecule has 0 spiro atoms. The number of esters is 1. The maximum absolute atomic E-state index is 12.9. The van der Waals surface area contributed by atoms with Gasteiger partial charge in [-0.1, -0.05) is 0 Å². The first kappa shape index (κ1) is 20.0. The second-order valence-electron chi connectivity index (χ2n) is 7.32. The van der Waals surface area contributed by atoms with E-state index in [1.54, 1.807) is 20.8 Å². The van der Waals surface area contributed by atoms with E-state index in [0.717, 1.165) is 18.8 Å². The lowest BCUT2D eigenvalue weighted by Crippen LogP contribution is -2.27. The number of aromatic amines is 1. The van der Waals surface area contributed by atoms with E-state index in [1.165, 1.54) is 18.5 Å². The number of nitrogens with zero attached hydrogens (tertiary/aromatic N) is 1. The van der Waals surface area contributed by atoms with Crippen molar-refractivity contribution in [2.75, 3.05) is 29.9 Å². The fraction of sp³-hybridized carbons (Fsp3) is 0.455. The molecule has 1 aliphatic heterocycles. The predicted octanol–water partition coefficient (Wildman–Crippen LogP) is 4.09. The van der Waals surface area contributed by atoms with E-state index < -0.39 is 12.0 Å². The van der Waals surface area contributed by atoms with Gasteiger partial charge < -0.3 is 19.9 Å². The zero-order valence-corrected chi connectivity index (χ0v) is 17.1. The number of H-pyrrole nitrogens is 1. The van der Waals surface area contributed by atoms with E-state index in [-0.39, 0.29) is 5.78 Å². The standard InChI is InChI=1S/C22H29N3O3/c1-5-28-22(27)19-14(2)20(24-15(19)3)21(26)16(4)23-17-8-10-18(11-9-17)25-12-6-7-13-25/h8-11,16,23-24H,5-7,12-13H2,1-4H3/t16-/m0/s1. The van der Waals surface area contributed by atoms with Crippen LogP contribution in [-0.4, -0.2) is 42.5 Å². The number of aromatic nitrogens is 1. The van der Waals surface area contributed by atoms with Gasteiger partial charge >= 0.3 is 5.97 Å². The van der Waals surface area contributed by atoms with Crippen LogP contribution in [0.3, 0.4) is 0 Å². The number of Topliss-reactive ketones (excluding diaryl/α,β-unsaturated/α-hetero) is 1. The van der Waals surface area contributed by atoms with Crippen molar-refractivity contribution in [1.29, 1.82) is 0 Å². The average Bonchev–Trinajstić information content (AvgIpc) is 3.30. The Morgan fingerprint density at radius 3 is 2.43 bits per heavy atom. The summed E-state index contributed by atoms with van der Waals surface area (Å²) in [6, 6.07) is 7.77. The predicted molar refractivity (Wildman–Crippen MR) is 112 cm³/mol. The minimum Gasteiger partial charge on any atom is -0.462 e. The zero-order chi connectivity index (χ0) is 20.3. The van der Waals surface area contributed by atoms with Crippen LogP contribution in [0.15, 0.2) is 24.3 Å². The summed E-state index contributed by atoms with van der Waals surface area (Å²) >= 11 is 0. The highest BCUT2D eigenvalue weighted by Gasteiger charge is 2.25. The van der Waals surface area contributed by atoms with E-state index >= 15 is 0 Å². The Kier molecular flexibility index (Phi) is 6.07. The maximum atomic E-state index is 12.9. The molecule has 0 bridgehead atoms. The van der Waals surface area contributed by atoms with E-state index in [2.05, 4.69) is 27.3 Å². The molecule has 1 aromatic heterocycles. The lowest BCUT2D eigenvalue weighted by Gasteiger charge is -2.19. The summed E-state index contributed by atoms with van der Waals surface area (Å²) in [5, 5.41) is 3.26. The normalized spacial score (nSPS) is 14.8. The summed E-state index contributed by atoms with van der Waals surface area (Å²) in [5.74, 6) is -0.481. The molecular weight excluding hydrogens is 354 g/mol. The first-order chi connectivity index (χ1) is 13.4. The molecule has 0 amide bonds. The smallest absolute Gasteiger partial charge is 0.340 e. The Hall–Kier alpha value is -2.76. The van der Waals surface area contributed by atoms with Crippen molar-refractivity contribution in [3.8, 4) is 0 Å². The molecule has 1 fully saturated rings. The molecular formula is C22H29N3O3. The Labute approximate surface area is 166 Å². The minimum absolute atomic E-state index is 0.0835. The monoisotopic (exact) mass is 383 g/mol. The summed E-state index contributed by atoms with van der Waals surface area (Å²) in [4.78, 5) is 30.5. The number of carbonyl (C=O) groups excluding carboxylic acids is 2. The van der Waals surface area contributed by atoms with E-state index in [9.17, 15) is 9.59 Å². The van der Waals surface area contributed by atoms with Gasteiger partial charge in [-0.25, -0.2) is 4.79 Å².